The lowest BCUT2D eigenvalue weighted by Crippen LogP contribution is -1.98. The van der Waals surface area contributed by atoms with Crippen LogP contribution in [0.5, 0.6) is 0 Å². The number of hydrogen-bond acceptors (Lipinski definition) is 8. The highest BCUT2D eigenvalue weighted by Gasteiger charge is 2.07. The van der Waals surface area contributed by atoms with E-state index < -0.39 is 0 Å². The molecule has 0 aliphatic carbocycles. The van der Waals surface area contributed by atoms with Gasteiger partial charge < -0.3 is 11.5 Å². The third-order valence-corrected chi connectivity index (χ3v) is 3.19. The zero-order valence-corrected chi connectivity index (χ0v) is 14.5. The Morgan fingerprint density at radius 3 is 2.04 bits per heavy atom. The van der Waals surface area contributed by atoms with Crippen LogP contribution in [-0.4, -0.2) is 30.4 Å². The molecule has 3 aromatic rings. The van der Waals surface area contributed by atoms with Crippen molar-refractivity contribution >= 4 is 43.8 Å². The molecular formula is C12H9Br2FN8. The van der Waals surface area contributed by atoms with Gasteiger partial charge in [-0.2, -0.15) is 0 Å². The van der Waals surface area contributed by atoms with E-state index >= 15 is 0 Å². The van der Waals surface area contributed by atoms with Gasteiger partial charge in [0.05, 0.1) is 12.4 Å². The highest BCUT2D eigenvalue weighted by atomic mass is 79.9. The molecule has 0 radical (unpaired) electrons. The summed E-state index contributed by atoms with van der Waals surface area (Å²) < 4.78 is 14.8. The average molecular weight is 444 g/mol. The van der Waals surface area contributed by atoms with E-state index in [-0.39, 0.29) is 17.7 Å². The van der Waals surface area contributed by atoms with Crippen LogP contribution >= 0.6 is 31.9 Å². The van der Waals surface area contributed by atoms with Crippen molar-refractivity contribution in [3.8, 4) is 11.3 Å². The Labute approximate surface area is 146 Å². The van der Waals surface area contributed by atoms with Crippen LogP contribution in [0.25, 0.3) is 11.3 Å². The first-order chi connectivity index (χ1) is 11.0. The van der Waals surface area contributed by atoms with E-state index in [0.29, 0.717) is 15.9 Å². The van der Waals surface area contributed by atoms with Gasteiger partial charge in [-0.05, 0) is 34.1 Å². The fourth-order valence-electron chi connectivity index (χ4n) is 1.37. The summed E-state index contributed by atoms with van der Waals surface area (Å²) in [6.07, 6.45) is 2.87. The van der Waals surface area contributed by atoms with Crippen LogP contribution in [0, 0.1) is 5.82 Å². The van der Waals surface area contributed by atoms with Crippen LogP contribution in [-0.2, 0) is 0 Å². The first-order valence-corrected chi connectivity index (χ1v) is 7.55. The highest BCUT2D eigenvalue weighted by molar-refractivity contribution is 9.10. The Morgan fingerprint density at radius 2 is 1.52 bits per heavy atom. The van der Waals surface area contributed by atoms with Crippen LogP contribution in [0.3, 0.4) is 0 Å². The fraction of sp³-hybridized carbons (Fsp3) is 0. The van der Waals surface area contributed by atoms with Crippen LogP contribution in [0.1, 0.15) is 0 Å². The second-order valence-corrected chi connectivity index (χ2v) is 5.69. The van der Waals surface area contributed by atoms with Gasteiger partial charge in [-0.1, -0.05) is 15.9 Å². The SMILES string of the molecule is Nc1ncc(-c2cc(Br)ccc2F)nn1.Nc1ncc(Br)nn1. The smallest absolute Gasteiger partial charge is 0.240 e. The summed E-state index contributed by atoms with van der Waals surface area (Å²) in [7, 11) is 0. The van der Waals surface area contributed by atoms with E-state index in [0.717, 1.165) is 4.47 Å². The molecule has 2 aromatic heterocycles. The molecule has 0 aliphatic rings. The van der Waals surface area contributed by atoms with E-state index in [9.17, 15) is 4.39 Å². The molecule has 0 atom stereocenters. The van der Waals surface area contributed by atoms with Gasteiger partial charge in [0.2, 0.25) is 11.9 Å². The van der Waals surface area contributed by atoms with E-state index in [4.69, 9.17) is 11.5 Å². The van der Waals surface area contributed by atoms with Gasteiger partial charge in [-0.25, -0.2) is 14.4 Å². The Hall–Kier alpha value is -2.27. The average Bonchev–Trinajstić information content (AvgIpc) is 2.54. The maximum Gasteiger partial charge on any atom is 0.240 e. The van der Waals surface area contributed by atoms with Gasteiger partial charge in [0.1, 0.15) is 16.1 Å². The van der Waals surface area contributed by atoms with Crippen molar-refractivity contribution in [2.75, 3.05) is 11.5 Å². The van der Waals surface area contributed by atoms with Crippen molar-refractivity contribution in [1.82, 2.24) is 30.4 Å². The summed E-state index contributed by atoms with van der Waals surface area (Å²) in [6, 6.07) is 4.56. The molecule has 2 heterocycles. The first-order valence-electron chi connectivity index (χ1n) is 5.97. The number of anilines is 2. The molecular weight excluding hydrogens is 435 g/mol. The number of benzene rings is 1. The van der Waals surface area contributed by atoms with Gasteiger partial charge in [-0.3, -0.25) is 0 Å². The highest BCUT2D eigenvalue weighted by Crippen LogP contribution is 2.23. The number of hydrogen-bond donors (Lipinski definition) is 2. The molecule has 0 saturated carbocycles. The lowest BCUT2D eigenvalue weighted by molar-refractivity contribution is 0.630. The van der Waals surface area contributed by atoms with Crippen molar-refractivity contribution < 1.29 is 4.39 Å². The van der Waals surface area contributed by atoms with Gasteiger partial charge in [0.25, 0.3) is 0 Å². The van der Waals surface area contributed by atoms with Crippen molar-refractivity contribution in [3.05, 3.63) is 45.5 Å². The zero-order valence-electron chi connectivity index (χ0n) is 11.4. The quantitative estimate of drug-likeness (QED) is 0.585. The summed E-state index contributed by atoms with van der Waals surface area (Å²) in [4.78, 5) is 7.38. The number of nitrogens with two attached hydrogens (primary N) is 2. The Kier molecular flexibility index (Phi) is 5.82. The Morgan fingerprint density at radius 1 is 0.870 bits per heavy atom. The number of nitrogen functional groups attached to an aromatic ring is 2. The van der Waals surface area contributed by atoms with Gasteiger partial charge in [-0.15, -0.1) is 20.4 Å². The van der Waals surface area contributed by atoms with Gasteiger partial charge >= 0.3 is 0 Å². The summed E-state index contributed by atoms with van der Waals surface area (Å²) in [5, 5.41) is 14.3. The zero-order chi connectivity index (χ0) is 16.8. The standard InChI is InChI=1S/C9H6BrFN4.C3H3BrN4/c10-5-1-2-7(11)6(3-5)8-4-13-9(12)15-14-8;4-2-1-6-3(5)8-7-2/h1-4H,(H2,12,13,15);1H,(H2,5,6,8). The summed E-state index contributed by atoms with van der Waals surface area (Å²) in [5.74, 6) is -0.124. The molecule has 11 heteroatoms. The molecule has 118 valence electrons. The van der Waals surface area contributed by atoms with Gasteiger partial charge in [0, 0.05) is 10.0 Å². The predicted octanol–water partition coefficient (Wildman–Crippen LogP) is 2.24. The van der Waals surface area contributed by atoms with Crippen molar-refractivity contribution in [1.29, 1.82) is 0 Å². The number of halogens is 3. The predicted molar refractivity (Wildman–Crippen MR) is 89.3 cm³/mol. The maximum absolute atomic E-state index is 13.4. The monoisotopic (exact) mass is 442 g/mol. The molecule has 4 N–H and O–H groups in total. The minimum Gasteiger partial charge on any atom is -0.366 e. The summed E-state index contributed by atoms with van der Waals surface area (Å²) >= 11 is 6.30. The number of nitrogens with zero attached hydrogens (tertiary/aromatic N) is 6. The summed E-state index contributed by atoms with van der Waals surface area (Å²) in [5.41, 5.74) is 11.1. The molecule has 1 aromatic carbocycles. The van der Waals surface area contributed by atoms with Crippen LogP contribution in [0.4, 0.5) is 16.3 Å². The largest absolute Gasteiger partial charge is 0.366 e. The molecule has 0 unspecified atom stereocenters. The lowest BCUT2D eigenvalue weighted by Gasteiger charge is -2.01. The van der Waals surface area contributed by atoms with E-state index in [1.807, 2.05) is 0 Å². The molecule has 0 amide bonds. The minimum atomic E-state index is -0.376. The number of rotatable bonds is 1. The van der Waals surface area contributed by atoms with E-state index in [2.05, 4.69) is 62.2 Å². The second-order valence-electron chi connectivity index (χ2n) is 3.96. The Balaban J connectivity index is 0.000000203. The second kappa shape index (κ2) is 7.83. The van der Waals surface area contributed by atoms with Gasteiger partial charge in [0.15, 0.2) is 0 Å². The van der Waals surface area contributed by atoms with Crippen molar-refractivity contribution in [2.24, 2.45) is 0 Å². The molecule has 0 bridgehead atoms. The topological polar surface area (TPSA) is 129 Å². The Bertz CT molecular complexity index is 761. The van der Waals surface area contributed by atoms with E-state index in [1.165, 1.54) is 18.5 Å². The number of aromatic nitrogens is 6. The molecule has 0 saturated heterocycles. The third kappa shape index (κ3) is 5.14. The van der Waals surface area contributed by atoms with E-state index in [1.54, 1.807) is 12.1 Å². The van der Waals surface area contributed by atoms with Crippen LogP contribution in [0.2, 0.25) is 0 Å². The maximum atomic E-state index is 13.4. The molecule has 0 spiro atoms. The lowest BCUT2D eigenvalue weighted by atomic mass is 10.1. The van der Waals surface area contributed by atoms with Crippen molar-refractivity contribution in [2.45, 2.75) is 0 Å². The van der Waals surface area contributed by atoms with Crippen LogP contribution in [0.15, 0.2) is 39.7 Å². The minimum absolute atomic E-state index is 0.0640. The van der Waals surface area contributed by atoms with Crippen molar-refractivity contribution in [3.63, 3.8) is 0 Å². The normalized spacial score (nSPS) is 9.87. The molecule has 23 heavy (non-hydrogen) atoms. The molecule has 0 aliphatic heterocycles. The fourth-order valence-corrected chi connectivity index (χ4v) is 1.91. The summed E-state index contributed by atoms with van der Waals surface area (Å²) in [6.45, 7) is 0. The molecule has 0 fully saturated rings. The molecule has 3 rings (SSSR count). The third-order valence-electron chi connectivity index (χ3n) is 2.33. The van der Waals surface area contributed by atoms with Crippen LogP contribution < -0.4 is 11.5 Å². The first kappa shape index (κ1) is 17.1. The molecule has 8 nitrogen and oxygen atoms in total.